The Morgan fingerprint density at radius 2 is 2.00 bits per heavy atom. The van der Waals surface area contributed by atoms with Gasteiger partial charge in [0.05, 0.1) is 6.10 Å². The van der Waals surface area contributed by atoms with Crippen molar-refractivity contribution in [1.82, 2.24) is 0 Å². The number of carbonyl (C=O) groups excluding carboxylic acids is 2. The first kappa shape index (κ1) is 19.9. The van der Waals surface area contributed by atoms with Gasteiger partial charge in [0.25, 0.3) is 0 Å². The van der Waals surface area contributed by atoms with Crippen LogP contribution >= 0.6 is 0 Å². The monoisotopic (exact) mass is 392 g/mol. The van der Waals surface area contributed by atoms with E-state index in [0.29, 0.717) is 24.8 Å². The van der Waals surface area contributed by atoms with Gasteiger partial charge in [0.1, 0.15) is 12.2 Å². The van der Waals surface area contributed by atoms with E-state index in [1.165, 1.54) is 12.2 Å². The molecule has 0 radical (unpaired) electrons. The van der Waals surface area contributed by atoms with Gasteiger partial charge in [0.2, 0.25) is 0 Å². The second kappa shape index (κ2) is 5.83. The van der Waals surface area contributed by atoms with Gasteiger partial charge in [-0.25, -0.2) is 4.39 Å². The van der Waals surface area contributed by atoms with E-state index < -0.39 is 52.4 Å². The molecular weight excluding hydrogens is 363 g/mol. The van der Waals surface area contributed by atoms with Crippen LogP contribution in [0.3, 0.4) is 0 Å². The van der Waals surface area contributed by atoms with Gasteiger partial charge in [-0.2, -0.15) is 0 Å². The van der Waals surface area contributed by atoms with Crippen LogP contribution in [0.4, 0.5) is 4.39 Å². The second-order valence-corrected chi connectivity index (χ2v) is 9.75. The van der Waals surface area contributed by atoms with Crippen molar-refractivity contribution in [1.29, 1.82) is 0 Å². The van der Waals surface area contributed by atoms with E-state index in [1.54, 1.807) is 26.8 Å². The SMILES string of the molecule is C[C@@H]1C[C@H]2C3CCC4=CC(=O)C=CC4(C)[C@@]3(F)[C@@H](O)CC2(C)[C@@]1(O)C(=O)CO. The number of hydrogen-bond acceptors (Lipinski definition) is 5. The van der Waals surface area contributed by atoms with Crippen molar-refractivity contribution < 1.29 is 29.3 Å². The molecule has 3 fully saturated rings. The van der Waals surface area contributed by atoms with Crippen molar-refractivity contribution in [2.75, 3.05) is 6.61 Å². The first-order chi connectivity index (χ1) is 13.0. The number of Topliss-reactive ketones (excluding diaryl/α,β-unsaturated/α-hetero) is 1. The summed E-state index contributed by atoms with van der Waals surface area (Å²) in [4.78, 5) is 24.4. The Balaban J connectivity index is 1.84. The largest absolute Gasteiger partial charge is 0.390 e. The van der Waals surface area contributed by atoms with Gasteiger partial charge in [-0.05, 0) is 56.6 Å². The number of rotatable bonds is 2. The van der Waals surface area contributed by atoms with E-state index in [-0.39, 0.29) is 18.1 Å². The highest BCUT2D eigenvalue weighted by atomic mass is 19.1. The summed E-state index contributed by atoms with van der Waals surface area (Å²) in [5.74, 6) is -2.12. The fraction of sp³-hybridized carbons (Fsp3) is 0.727. The second-order valence-electron chi connectivity index (χ2n) is 9.75. The summed E-state index contributed by atoms with van der Waals surface area (Å²) in [6.45, 7) is 4.48. The fourth-order valence-corrected chi connectivity index (χ4v) is 7.26. The summed E-state index contributed by atoms with van der Waals surface area (Å²) < 4.78 is 16.9. The van der Waals surface area contributed by atoms with Crippen LogP contribution < -0.4 is 0 Å². The van der Waals surface area contributed by atoms with Gasteiger partial charge in [-0.1, -0.05) is 25.5 Å². The van der Waals surface area contributed by atoms with Crippen molar-refractivity contribution in [3.05, 3.63) is 23.8 Å². The number of aliphatic hydroxyl groups excluding tert-OH is 2. The summed E-state index contributed by atoms with van der Waals surface area (Å²) >= 11 is 0. The molecule has 0 spiro atoms. The van der Waals surface area contributed by atoms with Gasteiger partial charge in [-0.15, -0.1) is 0 Å². The smallest absolute Gasteiger partial charge is 0.190 e. The van der Waals surface area contributed by atoms with Crippen LogP contribution in [-0.4, -0.2) is 50.9 Å². The molecule has 5 nitrogen and oxygen atoms in total. The highest BCUT2D eigenvalue weighted by Gasteiger charge is 2.75. The maximum Gasteiger partial charge on any atom is 0.190 e. The zero-order valence-electron chi connectivity index (χ0n) is 16.6. The summed E-state index contributed by atoms with van der Waals surface area (Å²) in [7, 11) is 0. The van der Waals surface area contributed by atoms with Crippen molar-refractivity contribution >= 4 is 11.6 Å². The van der Waals surface area contributed by atoms with Crippen molar-refractivity contribution in [2.45, 2.75) is 63.8 Å². The number of carbonyl (C=O) groups is 2. The molecule has 0 heterocycles. The maximum atomic E-state index is 16.9. The molecular formula is C22H29FO5. The molecule has 4 rings (SSSR count). The summed E-state index contributed by atoms with van der Waals surface area (Å²) in [6, 6.07) is 0. The Kier molecular flexibility index (Phi) is 4.15. The number of aliphatic hydroxyl groups is 3. The minimum Gasteiger partial charge on any atom is -0.390 e. The fourth-order valence-electron chi connectivity index (χ4n) is 7.26. The molecule has 6 heteroatoms. The third-order valence-electron chi connectivity index (χ3n) is 8.79. The Morgan fingerprint density at radius 3 is 2.64 bits per heavy atom. The molecule has 3 unspecified atom stereocenters. The zero-order chi connectivity index (χ0) is 20.7. The van der Waals surface area contributed by atoms with E-state index in [4.69, 9.17) is 0 Å². The first-order valence-corrected chi connectivity index (χ1v) is 10.1. The topological polar surface area (TPSA) is 94.8 Å². The molecule has 0 aromatic heterocycles. The van der Waals surface area contributed by atoms with Crippen LogP contribution in [0.2, 0.25) is 0 Å². The number of halogens is 1. The van der Waals surface area contributed by atoms with Crippen LogP contribution in [0.5, 0.6) is 0 Å². The molecule has 4 aliphatic carbocycles. The minimum atomic E-state index is -1.98. The molecule has 0 aliphatic heterocycles. The summed E-state index contributed by atoms with van der Waals surface area (Å²) in [6.07, 6.45) is 4.44. The standard InChI is InChI=1S/C22H29FO5/c1-12-8-16-15-5-4-13-9-14(25)6-7-19(13,2)21(15,23)17(26)10-20(16,3)22(12,28)18(27)11-24/h6-7,9,12,15-17,24,26,28H,4-5,8,10-11H2,1-3H3/t12-,15?,16+,17+,19?,20?,21+,22+/m1/s1. The molecule has 0 amide bonds. The van der Waals surface area contributed by atoms with Gasteiger partial charge in [0.15, 0.2) is 17.2 Å². The average Bonchev–Trinajstić information content (AvgIpc) is 2.84. The predicted octanol–water partition coefficient (Wildman–Crippen LogP) is 1.90. The molecule has 28 heavy (non-hydrogen) atoms. The number of hydrogen-bond donors (Lipinski definition) is 3. The van der Waals surface area contributed by atoms with Crippen molar-refractivity contribution in [3.63, 3.8) is 0 Å². The number of ketones is 2. The lowest BCUT2D eigenvalue weighted by Gasteiger charge is -2.62. The van der Waals surface area contributed by atoms with E-state index in [1.807, 2.05) is 0 Å². The highest BCUT2D eigenvalue weighted by Crippen LogP contribution is 2.70. The van der Waals surface area contributed by atoms with Crippen LogP contribution in [0, 0.1) is 28.6 Å². The van der Waals surface area contributed by atoms with Crippen molar-refractivity contribution in [2.24, 2.45) is 28.6 Å². The molecule has 8 atom stereocenters. The normalized spacial score (nSPS) is 52.5. The average molecular weight is 392 g/mol. The number of alkyl halides is 1. The summed E-state index contributed by atoms with van der Waals surface area (Å²) in [5.41, 5.74) is -5.17. The zero-order valence-corrected chi connectivity index (χ0v) is 16.6. The van der Waals surface area contributed by atoms with Crippen LogP contribution in [0.1, 0.15) is 46.5 Å². The van der Waals surface area contributed by atoms with Crippen molar-refractivity contribution in [3.8, 4) is 0 Å². The van der Waals surface area contributed by atoms with E-state index in [9.17, 15) is 24.9 Å². The van der Waals surface area contributed by atoms with E-state index >= 15 is 4.39 Å². The van der Waals surface area contributed by atoms with Crippen LogP contribution in [0.25, 0.3) is 0 Å². The third-order valence-corrected chi connectivity index (χ3v) is 8.79. The Labute approximate surface area is 164 Å². The van der Waals surface area contributed by atoms with Crippen LogP contribution in [0.15, 0.2) is 23.8 Å². The Morgan fingerprint density at radius 1 is 1.32 bits per heavy atom. The minimum absolute atomic E-state index is 0.0676. The van der Waals surface area contributed by atoms with E-state index in [0.717, 1.165) is 0 Å². The predicted molar refractivity (Wildman–Crippen MR) is 99.9 cm³/mol. The Bertz CT molecular complexity index is 805. The van der Waals surface area contributed by atoms with E-state index in [2.05, 4.69) is 0 Å². The molecule has 0 bridgehead atoms. The first-order valence-electron chi connectivity index (χ1n) is 10.1. The molecule has 154 valence electrons. The molecule has 4 aliphatic rings. The lowest BCUT2D eigenvalue weighted by molar-refractivity contribution is -0.219. The van der Waals surface area contributed by atoms with Gasteiger partial charge >= 0.3 is 0 Å². The lowest BCUT2D eigenvalue weighted by Crippen LogP contribution is -2.69. The van der Waals surface area contributed by atoms with Gasteiger partial charge < -0.3 is 15.3 Å². The highest BCUT2D eigenvalue weighted by molar-refractivity contribution is 6.01. The molecule has 0 aromatic rings. The molecule has 3 saturated carbocycles. The number of allylic oxidation sites excluding steroid dienone is 4. The molecule has 3 N–H and O–H groups in total. The summed E-state index contributed by atoms with van der Waals surface area (Å²) in [5, 5.41) is 32.0. The lowest BCUT2D eigenvalue weighted by atomic mass is 9.44. The van der Waals surface area contributed by atoms with Crippen LogP contribution in [-0.2, 0) is 9.59 Å². The van der Waals surface area contributed by atoms with Gasteiger partial charge in [-0.3, -0.25) is 9.59 Å². The molecule has 0 aromatic carbocycles. The third kappa shape index (κ3) is 2.01. The molecule has 0 saturated heterocycles. The maximum absolute atomic E-state index is 16.9. The van der Waals surface area contributed by atoms with Gasteiger partial charge in [0, 0.05) is 16.7 Å². The Hall–Kier alpha value is -1.37. The quantitative estimate of drug-likeness (QED) is 0.667. The number of fused-ring (bicyclic) bond motifs is 5.